The summed E-state index contributed by atoms with van der Waals surface area (Å²) in [5, 5.41) is 0.615. The Bertz CT molecular complexity index is 260. The molecular formula is C8H10ClFSi. The van der Waals surface area contributed by atoms with Gasteiger partial charge in [0, 0.05) is 15.3 Å². The minimum Gasteiger partial charge on any atom is -0.207 e. The number of rotatable bonds is 1. The van der Waals surface area contributed by atoms with Crippen LogP contribution in [0, 0.1) is 5.82 Å². The average molecular weight is 189 g/mol. The third kappa shape index (κ3) is 2.04. The Morgan fingerprint density at radius 3 is 2.64 bits per heavy atom. The van der Waals surface area contributed by atoms with Gasteiger partial charge < -0.3 is 0 Å². The zero-order valence-electron chi connectivity index (χ0n) is 6.57. The van der Waals surface area contributed by atoms with Gasteiger partial charge in [0.25, 0.3) is 0 Å². The molecule has 1 rings (SSSR count). The molecule has 0 nitrogen and oxygen atoms in total. The lowest BCUT2D eigenvalue weighted by molar-refractivity contribution is 0.610. The van der Waals surface area contributed by atoms with Crippen LogP contribution in [-0.2, 0) is 0 Å². The molecule has 1 atom stereocenters. The molecule has 1 aromatic rings. The number of halogens is 2. The van der Waals surface area contributed by atoms with Crippen LogP contribution >= 0.6 is 11.6 Å². The Hall–Kier alpha value is -0.343. The summed E-state index contributed by atoms with van der Waals surface area (Å²) < 4.78 is 13.0. The summed E-state index contributed by atoms with van der Waals surface area (Å²) in [6, 6.07) is 4.70. The van der Waals surface area contributed by atoms with E-state index in [9.17, 15) is 4.39 Å². The van der Waals surface area contributed by atoms with E-state index in [4.69, 9.17) is 11.6 Å². The van der Waals surface area contributed by atoms with E-state index in [1.54, 1.807) is 12.1 Å². The van der Waals surface area contributed by atoms with Crippen LogP contribution in [-0.4, -0.2) is 10.2 Å². The SMILES string of the molecule is CC([SiH3])c1cc(Cl)ccc1F. The molecule has 0 amide bonds. The van der Waals surface area contributed by atoms with Gasteiger partial charge in [-0.3, -0.25) is 0 Å². The van der Waals surface area contributed by atoms with Crippen LogP contribution in [0.1, 0.15) is 18.0 Å². The van der Waals surface area contributed by atoms with E-state index < -0.39 is 0 Å². The van der Waals surface area contributed by atoms with Crippen LogP contribution < -0.4 is 0 Å². The van der Waals surface area contributed by atoms with Crippen molar-refractivity contribution in [3.63, 3.8) is 0 Å². The molecule has 3 heteroatoms. The molecule has 0 fully saturated rings. The second-order valence-corrected chi connectivity index (χ2v) is 4.99. The molecule has 0 spiro atoms. The zero-order chi connectivity index (χ0) is 8.43. The van der Waals surface area contributed by atoms with Crippen LogP contribution in [0.5, 0.6) is 0 Å². The standard InChI is InChI=1S/C8H10ClFSi/c1-5(11)7-4-6(9)2-3-8(7)10/h2-5H,1,11H3. The first-order valence-electron chi connectivity index (χ1n) is 3.56. The third-order valence-corrected chi connectivity index (χ3v) is 2.44. The van der Waals surface area contributed by atoms with Gasteiger partial charge in [-0.05, 0) is 29.3 Å². The second-order valence-electron chi connectivity index (χ2n) is 2.82. The minimum absolute atomic E-state index is 0.142. The maximum absolute atomic E-state index is 13.0. The summed E-state index contributed by atoms with van der Waals surface area (Å²) in [7, 11) is 0.954. The van der Waals surface area contributed by atoms with Gasteiger partial charge in [0.1, 0.15) is 5.82 Å². The summed E-state index contributed by atoms with van der Waals surface area (Å²) in [5.74, 6) is -0.142. The predicted molar refractivity (Wildman–Crippen MR) is 49.8 cm³/mol. The van der Waals surface area contributed by atoms with Gasteiger partial charge in [0.05, 0.1) is 0 Å². The zero-order valence-corrected chi connectivity index (χ0v) is 9.32. The van der Waals surface area contributed by atoms with E-state index in [0.29, 0.717) is 10.6 Å². The molecule has 0 aromatic heterocycles. The van der Waals surface area contributed by atoms with E-state index in [2.05, 4.69) is 0 Å². The first-order valence-corrected chi connectivity index (χ1v) is 5.09. The van der Waals surface area contributed by atoms with Crippen molar-refractivity contribution in [1.82, 2.24) is 0 Å². The van der Waals surface area contributed by atoms with Crippen molar-refractivity contribution in [1.29, 1.82) is 0 Å². The molecule has 0 heterocycles. The first kappa shape index (κ1) is 8.75. The Morgan fingerprint density at radius 2 is 2.18 bits per heavy atom. The molecule has 0 saturated carbocycles. The summed E-state index contributed by atoms with van der Waals surface area (Å²) in [6.45, 7) is 2.00. The van der Waals surface area contributed by atoms with Crippen molar-refractivity contribution in [2.24, 2.45) is 0 Å². The predicted octanol–water partition coefficient (Wildman–Crippen LogP) is 1.91. The number of hydrogen-bond donors (Lipinski definition) is 0. The monoisotopic (exact) mass is 188 g/mol. The van der Waals surface area contributed by atoms with Gasteiger partial charge in [-0.15, -0.1) is 0 Å². The lowest BCUT2D eigenvalue weighted by Gasteiger charge is -2.06. The van der Waals surface area contributed by atoms with Crippen LogP contribution in [0.3, 0.4) is 0 Å². The summed E-state index contributed by atoms with van der Waals surface area (Å²) in [5.41, 5.74) is 1.07. The smallest absolute Gasteiger partial charge is 0.126 e. The van der Waals surface area contributed by atoms with Gasteiger partial charge in [-0.1, -0.05) is 18.5 Å². The Labute approximate surface area is 73.8 Å². The molecule has 0 radical (unpaired) electrons. The molecule has 0 N–H and O–H groups in total. The fourth-order valence-electron chi connectivity index (χ4n) is 0.957. The summed E-state index contributed by atoms with van der Waals surface area (Å²) in [6.07, 6.45) is 0. The molecule has 11 heavy (non-hydrogen) atoms. The Kier molecular flexibility index (Phi) is 2.68. The van der Waals surface area contributed by atoms with Gasteiger partial charge in [0.2, 0.25) is 0 Å². The maximum Gasteiger partial charge on any atom is 0.126 e. The Morgan fingerprint density at radius 1 is 1.55 bits per heavy atom. The molecule has 0 aliphatic rings. The van der Waals surface area contributed by atoms with Crippen molar-refractivity contribution in [2.45, 2.75) is 12.5 Å². The van der Waals surface area contributed by atoms with Crippen LogP contribution in [0.4, 0.5) is 4.39 Å². The summed E-state index contributed by atoms with van der Waals surface area (Å²) >= 11 is 5.71. The average Bonchev–Trinajstić information content (AvgIpc) is 1.94. The van der Waals surface area contributed by atoms with Gasteiger partial charge in [-0.25, -0.2) is 4.39 Å². The number of benzene rings is 1. The highest BCUT2D eigenvalue weighted by Crippen LogP contribution is 2.20. The van der Waals surface area contributed by atoms with Crippen molar-refractivity contribution in [2.75, 3.05) is 0 Å². The maximum atomic E-state index is 13.0. The van der Waals surface area contributed by atoms with Crippen LogP contribution in [0.25, 0.3) is 0 Å². The van der Waals surface area contributed by atoms with E-state index in [0.717, 1.165) is 15.8 Å². The van der Waals surface area contributed by atoms with Crippen molar-refractivity contribution < 1.29 is 4.39 Å². The molecule has 0 saturated heterocycles. The van der Waals surface area contributed by atoms with E-state index in [1.165, 1.54) is 6.07 Å². The minimum atomic E-state index is -0.142. The molecule has 60 valence electrons. The van der Waals surface area contributed by atoms with Crippen molar-refractivity contribution in [3.05, 3.63) is 34.6 Å². The molecule has 0 aliphatic heterocycles. The topological polar surface area (TPSA) is 0 Å². The highest BCUT2D eigenvalue weighted by Gasteiger charge is 2.05. The molecule has 0 bridgehead atoms. The lowest BCUT2D eigenvalue weighted by atomic mass is 10.1. The fraction of sp³-hybridized carbons (Fsp3) is 0.250. The van der Waals surface area contributed by atoms with Crippen molar-refractivity contribution in [3.8, 4) is 0 Å². The largest absolute Gasteiger partial charge is 0.207 e. The lowest BCUT2D eigenvalue weighted by Crippen LogP contribution is -1.95. The highest BCUT2D eigenvalue weighted by molar-refractivity contribution is 6.30. The molecular weight excluding hydrogens is 179 g/mol. The van der Waals surface area contributed by atoms with Crippen LogP contribution in [0.2, 0.25) is 5.02 Å². The van der Waals surface area contributed by atoms with E-state index in [1.807, 2.05) is 6.92 Å². The highest BCUT2D eigenvalue weighted by atomic mass is 35.5. The summed E-state index contributed by atoms with van der Waals surface area (Å²) in [4.78, 5) is 0. The second kappa shape index (κ2) is 3.37. The third-order valence-electron chi connectivity index (χ3n) is 1.58. The van der Waals surface area contributed by atoms with Gasteiger partial charge in [-0.2, -0.15) is 0 Å². The van der Waals surface area contributed by atoms with E-state index in [-0.39, 0.29) is 5.82 Å². The Balaban J connectivity index is 3.13. The first-order chi connectivity index (χ1) is 5.11. The molecule has 0 aliphatic carbocycles. The quantitative estimate of drug-likeness (QED) is 0.591. The fourth-order valence-corrected chi connectivity index (χ4v) is 1.58. The van der Waals surface area contributed by atoms with Crippen LogP contribution in [0.15, 0.2) is 18.2 Å². The number of hydrogen-bond acceptors (Lipinski definition) is 0. The van der Waals surface area contributed by atoms with Gasteiger partial charge in [0.15, 0.2) is 0 Å². The molecule has 1 unspecified atom stereocenters. The van der Waals surface area contributed by atoms with Gasteiger partial charge >= 0.3 is 0 Å². The van der Waals surface area contributed by atoms with Crippen molar-refractivity contribution >= 4 is 21.8 Å². The normalized spacial score (nSPS) is 13.4. The van der Waals surface area contributed by atoms with E-state index >= 15 is 0 Å². The molecule has 1 aromatic carbocycles.